The SMILES string of the molecule is CC1(C)c2ccccc2-c2c(N(c3ccc4c(c3)C3(c5ccccc5Oc5ccc6ccccc6c53)c3ccccc3-4)c3ccccc3-c3ccccc3)cccc21. The summed E-state index contributed by atoms with van der Waals surface area (Å²) in [6.07, 6.45) is 0. The fraction of sp³-hybridized carbons (Fsp3) is 0.0714. The van der Waals surface area contributed by atoms with Crippen molar-refractivity contribution in [3.8, 4) is 44.9 Å². The lowest BCUT2D eigenvalue weighted by Crippen LogP contribution is -2.32. The van der Waals surface area contributed by atoms with Gasteiger partial charge < -0.3 is 9.64 Å². The quantitative estimate of drug-likeness (QED) is 0.178. The molecule has 2 aliphatic carbocycles. The number of para-hydroxylation sites is 2. The van der Waals surface area contributed by atoms with Gasteiger partial charge >= 0.3 is 0 Å². The van der Waals surface area contributed by atoms with E-state index in [1.54, 1.807) is 0 Å². The van der Waals surface area contributed by atoms with Crippen molar-refractivity contribution in [1.29, 1.82) is 0 Å². The lowest BCUT2D eigenvalue weighted by atomic mass is 9.65. The Morgan fingerprint density at radius 2 is 1.05 bits per heavy atom. The Hall–Kier alpha value is -7.16. The van der Waals surface area contributed by atoms with Crippen LogP contribution in [0.1, 0.15) is 47.2 Å². The zero-order valence-electron chi connectivity index (χ0n) is 32.4. The maximum atomic E-state index is 6.88. The van der Waals surface area contributed by atoms with Crippen LogP contribution in [-0.4, -0.2) is 0 Å². The maximum Gasteiger partial charge on any atom is 0.132 e. The van der Waals surface area contributed by atoms with E-state index in [2.05, 4.69) is 219 Å². The minimum absolute atomic E-state index is 0.146. The van der Waals surface area contributed by atoms with Gasteiger partial charge in [-0.1, -0.05) is 178 Å². The molecule has 0 saturated heterocycles. The van der Waals surface area contributed by atoms with Gasteiger partial charge in [0.1, 0.15) is 11.5 Å². The second-order valence-corrected chi connectivity index (χ2v) is 16.4. The first kappa shape index (κ1) is 33.0. The van der Waals surface area contributed by atoms with Crippen molar-refractivity contribution in [2.75, 3.05) is 4.90 Å². The van der Waals surface area contributed by atoms with Crippen LogP contribution < -0.4 is 9.64 Å². The molecular weight excluding hydrogens is 703 g/mol. The monoisotopic (exact) mass is 741 g/mol. The van der Waals surface area contributed by atoms with Gasteiger partial charge in [-0.05, 0) is 91.7 Å². The Bertz CT molecular complexity index is 3140. The van der Waals surface area contributed by atoms with E-state index in [4.69, 9.17) is 4.74 Å². The summed E-state index contributed by atoms with van der Waals surface area (Å²) < 4.78 is 6.88. The Labute approximate surface area is 339 Å². The average Bonchev–Trinajstić information content (AvgIpc) is 3.69. The Morgan fingerprint density at radius 1 is 0.414 bits per heavy atom. The molecule has 0 fully saturated rings. The van der Waals surface area contributed by atoms with E-state index in [0.717, 1.165) is 28.4 Å². The molecule has 0 saturated carbocycles. The topological polar surface area (TPSA) is 12.5 Å². The average molecular weight is 742 g/mol. The minimum atomic E-state index is -0.634. The maximum absolute atomic E-state index is 6.88. The zero-order chi connectivity index (χ0) is 38.6. The summed E-state index contributed by atoms with van der Waals surface area (Å²) in [4.78, 5) is 2.53. The molecule has 12 rings (SSSR count). The molecule has 1 spiro atoms. The molecule has 2 heteroatoms. The molecule has 1 atom stereocenters. The van der Waals surface area contributed by atoms with Gasteiger partial charge in [0.05, 0.1) is 16.8 Å². The predicted molar refractivity (Wildman–Crippen MR) is 239 cm³/mol. The van der Waals surface area contributed by atoms with Crippen LogP contribution in [0.5, 0.6) is 11.5 Å². The van der Waals surface area contributed by atoms with Gasteiger partial charge in [-0.3, -0.25) is 0 Å². The summed E-state index contributed by atoms with van der Waals surface area (Å²) >= 11 is 0. The highest BCUT2D eigenvalue weighted by Crippen LogP contribution is 2.64. The minimum Gasteiger partial charge on any atom is -0.457 e. The van der Waals surface area contributed by atoms with Crippen LogP contribution in [0.4, 0.5) is 17.1 Å². The lowest BCUT2D eigenvalue weighted by molar-refractivity contribution is 0.438. The lowest BCUT2D eigenvalue weighted by Gasteiger charge is -2.40. The van der Waals surface area contributed by atoms with Gasteiger partial charge in [0.25, 0.3) is 0 Å². The molecule has 58 heavy (non-hydrogen) atoms. The highest BCUT2D eigenvalue weighted by Gasteiger charge is 2.52. The first-order valence-corrected chi connectivity index (χ1v) is 20.3. The second kappa shape index (κ2) is 12.2. The molecular formula is C56H39NO. The van der Waals surface area contributed by atoms with Crippen LogP contribution in [0.2, 0.25) is 0 Å². The van der Waals surface area contributed by atoms with Crippen LogP contribution in [0.25, 0.3) is 44.2 Å². The van der Waals surface area contributed by atoms with Crippen molar-refractivity contribution in [3.05, 3.63) is 234 Å². The van der Waals surface area contributed by atoms with Gasteiger partial charge in [-0.2, -0.15) is 0 Å². The van der Waals surface area contributed by atoms with Crippen molar-refractivity contribution in [1.82, 2.24) is 0 Å². The summed E-state index contributed by atoms with van der Waals surface area (Å²) in [6.45, 7) is 4.73. The van der Waals surface area contributed by atoms with Crippen LogP contribution in [0.3, 0.4) is 0 Å². The van der Waals surface area contributed by atoms with Gasteiger partial charge in [0, 0.05) is 33.4 Å². The summed E-state index contributed by atoms with van der Waals surface area (Å²) in [7, 11) is 0. The van der Waals surface area contributed by atoms with Crippen molar-refractivity contribution < 1.29 is 4.74 Å². The van der Waals surface area contributed by atoms with E-state index < -0.39 is 5.41 Å². The van der Waals surface area contributed by atoms with Crippen molar-refractivity contribution >= 4 is 27.8 Å². The number of benzene rings is 9. The molecule has 0 bridgehead atoms. The smallest absolute Gasteiger partial charge is 0.132 e. The normalized spacial score (nSPS) is 16.1. The number of rotatable bonds is 4. The van der Waals surface area contributed by atoms with E-state index in [0.29, 0.717) is 0 Å². The Kier molecular flexibility index (Phi) is 6.93. The van der Waals surface area contributed by atoms with Gasteiger partial charge in [-0.25, -0.2) is 0 Å². The summed E-state index contributed by atoms with van der Waals surface area (Å²) in [5.74, 6) is 1.79. The van der Waals surface area contributed by atoms with E-state index in [1.165, 1.54) is 77.7 Å². The predicted octanol–water partition coefficient (Wildman–Crippen LogP) is 14.8. The number of nitrogens with zero attached hydrogens (tertiary/aromatic N) is 1. The Balaban J connectivity index is 1.21. The molecule has 3 aliphatic rings. The number of fused-ring (bicyclic) bond motifs is 14. The molecule has 1 aliphatic heterocycles. The first-order valence-electron chi connectivity index (χ1n) is 20.3. The molecule has 0 radical (unpaired) electrons. The molecule has 9 aromatic rings. The Morgan fingerprint density at radius 3 is 1.91 bits per heavy atom. The third-order valence-electron chi connectivity index (χ3n) is 13.1. The number of hydrogen-bond acceptors (Lipinski definition) is 2. The van der Waals surface area contributed by atoms with Crippen LogP contribution >= 0.6 is 0 Å². The molecule has 0 amide bonds. The van der Waals surface area contributed by atoms with Crippen molar-refractivity contribution in [3.63, 3.8) is 0 Å². The molecule has 1 heterocycles. The molecule has 2 nitrogen and oxygen atoms in total. The van der Waals surface area contributed by atoms with E-state index in [-0.39, 0.29) is 5.41 Å². The molecule has 0 aromatic heterocycles. The third-order valence-corrected chi connectivity index (χ3v) is 13.1. The number of hydrogen-bond donors (Lipinski definition) is 0. The fourth-order valence-electron chi connectivity index (χ4n) is 10.7. The van der Waals surface area contributed by atoms with E-state index >= 15 is 0 Å². The highest BCUT2D eigenvalue weighted by atomic mass is 16.5. The summed E-state index contributed by atoms with van der Waals surface area (Å²) in [5, 5.41) is 2.40. The summed E-state index contributed by atoms with van der Waals surface area (Å²) in [5.41, 5.74) is 17.7. The summed E-state index contributed by atoms with van der Waals surface area (Å²) in [6, 6.07) is 73.7. The van der Waals surface area contributed by atoms with Crippen LogP contribution in [-0.2, 0) is 10.8 Å². The molecule has 274 valence electrons. The van der Waals surface area contributed by atoms with Crippen LogP contribution in [0, 0.1) is 0 Å². The largest absolute Gasteiger partial charge is 0.457 e. The number of ether oxygens (including phenoxy) is 1. The van der Waals surface area contributed by atoms with Crippen LogP contribution in [0.15, 0.2) is 200 Å². The van der Waals surface area contributed by atoms with Gasteiger partial charge in [0.2, 0.25) is 0 Å². The van der Waals surface area contributed by atoms with Gasteiger partial charge in [0.15, 0.2) is 0 Å². The first-order chi connectivity index (χ1) is 28.5. The highest BCUT2D eigenvalue weighted by molar-refractivity contribution is 6.01. The molecule has 0 N–H and O–H groups in total. The van der Waals surface area contributed by atoms with E-state index in [1.807, 2.05) is 0 Å². The zero-order valence-corrected chi connectivity index (χ0v) is 32.4. The van der Waals surface area contributed by atoms with Crippen molar-refractivity contribution in [2.24, 2.45) is 0 Å². The third kappa shape index (κ3) is 4.38. The molecule has 1 unspecified atom stereocenters. The molecule has 9 aromatic carbocycles. The second-order valence-electron chi connectivity index (χ2n) is 16.4. The number of anilines is 3. The standard InChI is InChI=1S/C56H39NO/c1-55(2)44-24-11-9-23-43(44)53-47(55)27-16-29-50(53)57(49-28-14-10-20-39(49)36-17-4-3-5-18-36)38-32-33-42-41-22-8-12-25-45(41)56(48(42)35-38)46-26-13-15-30-51(46)58-52-34-31-37-19-6-7-21-40(37)54(52)56/h3-35H,1-2H3. The van der Waals surface area contributed by atoms with E-state index in [9.17, 15) is 0 Å². The fourth-order valence-corrected chi connectivity index (χ4v) is 10.7. The van der Waals surface area contributed by atoms with Crippen molar-refractivity contribution in [2.45, 2.75) is 24.7 Å². The van der Waals surface area contributed by atoms with Gasteiger partial charge in [-0.15, -0.1) is 0 Å².